The van der Waals surface area contributed by atoms with E-state index in [-0.39, 0.29) is 24.2 Å². The van der Waals surface area contributed by atoms with Gasteiger partial charge < -0.3 is 19.3 Å². The number of amides is 1. The van der Waals surface area contributed by atoms with Gasteiger partial charge in [-0.1, -0.05) is 18.2 Å². The summed E-state index contributed by atoms with van der Waals surface area (Å²) in [5.41, 5.74) is -0.318. The molecule has 1 atom stereocenters. The molecule has 0 saturated carbocycles. The molecule has 1 N–H and O–H groups in total. The summed E-state index contributed by atoms with van der Waals surface area (Å²) in [6, 6.07) is 6.18. The van der Waals surface area contributed by atoms with Crippen LogP contribution in [0.15, 0.2) is 35.1 Å². The molecule has 1 saturated heterocycles. The second kappa shape index (κ2) is 7.26. The third kappa shape index (κ3) is 3.57. The zero-order chi connectivity index (χ0) is 20.6. The van der Waals surface area contributed by atoms with Crippen LogP contribution in [0.25, 0.3) is 0 Å². The number of nitrogens with one attached hydrogen (secondary N) is 1. The van der Waals surface area contributed by atoms with Gasteiger partial charge in [0.25, 0.3) is 5.95 Å². The van der Waals surface area contributed by atoms with E-state index < -0.39 is 5.41 Å². The third-order valence-electron chi connectivity index (χ3n) is 5.24. The number of hydrogen-bond donors (Lipinski definition) is 1. The summed E-state index contributed by atoms with van der Waals surface area (Å²) in [5.74, 6) is 1.03. The standard InChI is InChI=1S/C19H22FN7O2/c1-12(16-24-21-11-26(16)3)22-17(28)19(8-14-6-4-5-7-15(14)20)9-27(10-19)18-23-13(2)29-25-18/h4-7,11-12H,8-10H2,1-3H3,(H,22,28). The number of aromatic nitrogens is 5. The first-order chi connectivity index (χ1) is 13.9. The molecule has 1 unspecified atom stereocenters. The average molecular weight is 399 g/mol. The Kier molecular flexibility index (Phi) is 4.77. The zero-order valence-corrected chi connectivity index (χ0v) is 16.5. The van der Waals surface area contributed by atoms with Crippen LogP contribution in [0.4, 0.5) is 10.3 Å². The van der Waals surface area contributed by atoms with Crippen LogP contribution in [-0.4, -0.2) is 43.9 Å². The quantitative estimate of drug-likeness (QED) is 0.671. The Balaban J connectivity index is 1.56. The molecule has 1 amide bonds. The molecule has 0 bridgehead atoms. The minimum absolute atomic E-state index is 0.173. The van der Waals surface area contributed by atoms with Crippen LogP contribution in [-0.2, 0) is 18.3 Å². The lowest BCUT2D eigenvalue weighted by molar-refractivity contribution is -0.133. The van der Waals surface area contributed by atoms with Crippen LogP contribution in [0.5, 0.6) is 0 Å². The van der Waals surface area contributed by atoms with Gasteiger partial charge in [-0.3, -0.25) is 4.79 Å². The van der Waals surface area contributed by atoms with Gasteiger partial charge in [0.2, 0.25) is 11.8 Å². The molecular weight excluding hydrogens is 377 g/mol. The van der Waals surface area contributed by atoms with E-state index in [9.17, 15) is 9.18 Å². The summed E-state index contributed by atoms with van der Waals surface area (Å²) in [6.45, 7) is 4.27. The molecule has 29 heavy (non-hydrogen) atoms. The first kappa shape index (κ1) is 19.0. The highest BCUT2D eigenvalue weighted by Gasteiger charge is 2.51. The molecule has 0 radical (unpaired) electrons. The number of carbonyl (C=O) groups is 1. The normalized spacial score (nSPS) is 16.3. The Morgan fingerprint density at radius 2 is 2.14 bits per heavy atom. The van der Waals surface area contributed by atoms with Crippen molar-refractivity contribution < 1.29 is 13.7 Å². The topological polar surface area (TPSA) is 102 Å². The van der Waals surface area contributed by atoms with Gasteiger partial charge >= 0.3 is 0 Å². The van der Waals surface area contributed by atoms with Crippen molar-refractivity contribution in [2.24, 2.45) is 12.5 Å². The predicted molar refractivity (Wildman–Crippen MR) is 101 cm³/mol. The van der Waals surface area contributed by atoms with Gasteiger partial charge in [-0.15, -0.1) is 10.2 Å². The van der Waals surface area contributed by atoms with Crippen LogP contribution < -0.4 is 10.2 Å². The van der Waals surface area contributed by atoms with Gasteiger partial charge in [0.05, 0.1) is 11.5 Å². The van der Waals surface area contributed by atoms with Gasteiger partial charge in [0.15, 0.2) is 5.82 Å². The van der Waals surface area contributed by atoms with E-state index >= 15 is 0 Å². The highest BCUT2D eigenvalue weighted by Crippen LogP contribution is 2.37. The highest BCUT2D eigenvalue weighted by atomic mass is 19.1. The van der Waals surface area contributed by atoms with E-state index in [2.05, 4.69) is 25.7 Å². The van der Waals surface area contributed by atoms with E-state index in [4.69, 9.17) is 4.52 Å². The summed E-state index contributed by atoms with van der Waals surface area (Å²) in [4.78, 5) is 19.3. The zero-order valence-electron chi connectivity index (χ0n) is 16.5. The van der Waals surface area contributed by atoms with E-state index in [1.54, 1.807) is 36.0 Å². The minimum atomic E-state index is -0.816. The maximum atomic E-state index is 14.3. The SMILES string of the molecule is Cc1nc(N2CC(Cc3ccccc3F)(C(=O)NC(C)c3nncn3C)C2)no1. The molecule has 1 fully saturated rings. The van der Waals surface area contributed by atoms with Gasteiger partial charge in [0, 0.05) is 27.1 Å². The molecule has 1 aliphatic rings. The molecule has 152 valence electrons. The molecule has 2 aromatic heterocycles. The van der Waals surface area contributed by atoms with E-state index in [1.165, 1.54) is 6.07 Å². The Labute approximate surface area is 166 Å². The first-order valence-electron chi connectivity index (χ1n) is 9.31. The fourth-order valence-corrected chi connectivity index (χ4v) is 3.68. The van der Waals surface area contributed by atoms with Crippen molar-refractivity contribution in [2.75, 3.05) is 18.0 Å². The molecular formula is C19H22FN7O2. The van der Waals surface area contributed by atoms with Crippen molar-refractivity contribution in [3.63, 3.8) is 0 Å². The second-order valence-corrected chi connectivity index (χ2v) is 7.51. The average Bonchev–Trinajstić information content (AvgIpc) is 3.27. The number of nitrogens with zero attached hydrogens (tertiary/aromatic N) is 6. The number of rotatable bonds is 6. The molecule has 10 heteroatoms. The molecule has 0 spiro atoms. The van der Waals surface area contributed by atoms with Crippen molar-refractivity contribution in [3.8, 4) is 0 Å². The Bertz CT molecular complexity index is 1030. The maximum Gasteiger partial charge on any atom is 0.266 e. The molecule has 4 rings (SSSR count). The van der Waals surface area contributed by atoms with Crippen LogP contribution in [0.1, 0.15) is 30.2 Å². The van der Waals surface area contributed by atoms with Gasteiger partial charge in [0.1, 0.15) is 12.1 Å². The van der Waals surface area contributed by atoms with Crippen LogP contribution in [0, 0.1) is 18.2 Å². The van der Waals surface area contributed by atoms with Crippen LogP contribution in [0.3, 0.4) is 0 Å². The van der Waals surface area contributed by atoms with Crippen LogP contribution >= 0.6 is 0 Å². The first-order valence-corrected chi connectivity index (χ1v) is 9.31. The monoisotopic (exact) mass is 399 g/mol. The van der Waals surface area contributed by atoms with E-state index in [1.807, 2.05) is 18.9 Å². The van der Waals surface area contributed by atoms with Crippen molar-refractivity contribution >= 4 is 11.9 Å². The van der Waals surface area contributed by atoms with Gasteiger partial charge in [-0.2, -0.15) is 4.98 Å². The summed E-state index contributed by atoms with van der Waals surface area (Å²) in [5, 5.41) is 14.8. The van der Waals surface area contributed by atoms with Gasteiger partial charge in [-0.25, -0.2) is 4.39 Å². The molecule has 9 nitrogen and oxygen atoms in total. The van der Waals surface area contributed by atoms with Crippen molar-refractivity contribution in [2.45, 2.75) is 26.3 Å². The highest BCUT2D eigenvalue weighted by molar-refractivity contribution is 5.86. The molecule has 1 aromatic carbocycles. The Morgan fingerprint density at radius 1 is 1.38 bits per heavy atom. The van der Waals surface area contributed by atoms with Crippen molar-refractivity contribution in [1.29, 1.82) is 0 Å². The van der Waals surface area contributed by atoms with Crippen molar-refractivity contribution in [1.82, 2.24) is 30.2 Å². The molecule has 3 heterocycles. The predicted octanol–water partition coefficient (Wildman–Crippen LogP) is 1.57. The number of carbonyl (C=O) groups excluding carboxylic acids is 1. The third-order valence-corrected chi connectivity index (χ3v) is 5.24. The van der Waals surface area contributed by atoms with E-state index in [0.717, 1.165) is 0 Å². The van der Waals surface area contributed by atoms with Crippen molar-refractivity contribution in [3.05, 3.63) is 53.7 Å². The maximum absolute atomic E-state index is 14.3. The number of benzene rings is 1. The largest absolute Gasteiger partial charge is 0.346 e. The Morgan fingerprint density at radius 3 is 2.76 bits per heavy atom. The molecule has 0 aliphatic carbocycles. The number of hydrogen-bond acceptors (Lipinski definition) is 7. The summed E-state index contributed by atoms with van der Waals surface area (Å²) >= 11 is 0. The second-order valence-electron chi connectivity index (χ2n) is 7.51. The van der Waals surface area contributed by atoms with Crippen LogP contribution in [0.2, 0.25) is 0 Å². The minimum Gasteiger partial charge on any atom is -0.346 e. The molecule has 3 aromatic rings. The van der Waals surface area contributed by atoms with E-state index in [0.29, 0.717) is 36.3 Å². The molecule has 1 aliphatic heterocycles. The number of aryl methyl sites for hydroxylation is 2. The van der Waals surface area contributed by atoms with Gasteiger partial charge in [-0.05, 0) is 30.1 Å². The summed E-state index contributed by atoms with van der Waals surface area (Å²) < 4.78 is 21.1. The summed E-state index contributed by atoms with van der Waals surface area (Å²) in [7, 11) is 1.82. The smallest absolute Gasteiger partial charge is 0.266 e. The lowest BCUT2D eigenvalue weighted by Gasteiger charge is -2.48. The fourth-order valence-electron chi connectivity index (χ4n) is 3.68. The lowest BCUT2D eigenvalue weighted by atomic mass is 9.73. The number of halogens is 1. The Hall–Kier alpha value is -3.30. The summed E-state index contributed by atoms with van der Waals surface area (Å²) in [6.07, 6.45) is 1.85. The lowest BCUT2D eigenvalue weighted by Crippen LogP contribution is -2.65. The number of anilines is 1. The fraction of sp³-hybridized carbons (Fsp3) is 0.421.